The van der Waals surface area contributed by atoms with Crippen molar-refractivity contribution in [3.05, 3.63) is 0 Å². The molecule has 0 aliphatic heterocycles. The SMILES string of the molecule is CCNC(=O)CNCC1CCCC(O)C1. The molecule has 1 aliphatic carbocycles. The second-order valence-electron chi connectivity index (χ2n) is 4.27. The molecular weight excluding hydrogens is 192 g/mol. The minimum atomic E-state index is -0.130. The van der Waals surface area contributed by atoms with Crippen LogP contribution in [-0.2, 0) is 4.79 Å². The highest BCUT2D eigenvalue weighted by atomic mass is 16.3. The number of carbonyl (C=O) groups is 1. The number of aliphatic hydroxyl groups excluding tert-OH is 1. The lowest BCUT2D eigenvalue weighted by Crippen LogP contribution is -2.37. The number of aliphatic hydroxyl groups is 1. The third kappa shape index (κ3) is 5.14. The van der Waals surface area contributed by atoms with Gasteiger partial charge in [-0.25, -0.2) is 0 Å². The zero-order chi connectivity index (χ0) is 11.1. The zero-order valence-electron chi connectivity index (χ0n) is 9.46. The maximum Gasteiger partial charge on any atom is 0.233 e. The van der Waals surface area contributed by atoms with Gasteiger partial charge in [0.2, 0.25) is 5.91 Å². The Morgan fingerprint density at radius 3 is 2.93 bits per heavy atom. The molecule has 1 rings (SSSR count). The zero-order valence-corrected chi connectivity index (χ0v) is 9.46. The van der Waals surface area contributed by atoms with E-state index in [-0.39, 0.29) is 12.0 Å². The van der Waals surface area contributed by atoms with Crippen LogP contribution in [0.2, 0.25) is 0 Å². The minimum Gasteiger partial charge on any atom is -0.393 e. The fourth-order valence-electron chi connectivity index (χ4n) is 2.10. The third-order valence-corrected chi connectivity index (χ3v) is 2.85. The normalized spacial score (nSPS) is 26.3. The highest BCUT2D eigenvalue weighted by molar-refractivity contribution is 5.77. The Hall–Kier alpha value is -0.610. The van der Waals surface area contributed by atoms with E-state index in [1.54, 1.807) is 0 Å². The van der Waals surface area contributed by atoms with Gasteiger partial charge in [-0.05, 0) is 38.6 Å². The number of likely N-dealkylation sites (N-methyl/N-ethyl adjacent to an activating group) is 1. The van der Waals surface area contributed by atoms with Gasteiger partial charge >= 0.3 is 0 Å². The lowest BCUT2D eigenvalue weighted by molar-refractivity contribution is -0.120. The summed E-state index contributed by atoms with van der Waals surface area (Å²) in [6.07, 6.45) is 3.96. The molecule has 4 nitrogen and oxygen atoms in total. The lowest BCUT2D eigenvalue weighted by atomic mass is 9.87. The van der Waals surface area contributed by atoms with Crippen LogP contribution < -0.4 is 10.6 Å². The van der Waals surface area contributed by atoms with Crippen LogP contribution in [0, 0.1) is 5.92 Å². The van der Waals surface area contributed by atoms with Gasteiger partial charge in [-0.2, -0.15) is 0 Å². The first kappa shape index (κ1) is 12.5. The van der Waals surface area contributed by atoms with Gasteiger partial charge in [0.05, 0.1) is 12.6 Å². The largest absolute Gasteiger partial charge is 0.393 e. The van der Waals surface area contributed by atoms with Gasteiger partial charge in [-0.15, -0.1) is 0 Å². The number of hydrogen-bond donors (Lipinski definition) is 3. The third-order valence-electron chi connectivity index (χ3n) is 2.85. The molecule has 2 atom stereocenters. The summed E-state index contributed by atoms with van der Waals surface area (Å²) < 4.78 is 0. The Balaban J connectivity index is 2.06. The Labute approximate surface area is 91.4 Å². The van der Waals surface area contributed by atoms with Gasteiger partial charge in [0.15, 0.2) is 0 Å². The van der Waals surface area contributed by atoms with Gasteiger partial charge in [0.25, 0.3) is 0 Å². The summed E-state index contributed by atoms with van der Waals surface area (Å²) in [5, 5.41) is 15.3. The molecule has 1 fully saturated rings. The summed E-state index contributed by atoms with van der Waals surface area (Å²) in [6, 6.07) is 0. The first-order valence-corrected chi connectivity index (χ1v) is 5.87. The predicted octanol–water partition coefficient (Wildman–Crippen LogP) is 0.263. The topological polar surface area (TPSA) is 61.4 Å². The molecule has 4 heteroatoms. The van der Waals surface area contributed by atoms with Crippen LogP contribution in [0.1, 0.15) is 32.6 Å². The van der Waals surface area contributed by atoms with Gasteiger partial charge in [-0.3, -0.25) is 4.79 Å². The lowest BCUT2D eigenvalue weighted by Gasteiger charge is -2.25. The number of rotatable bonds is 5. The standard InChI is InChI=1S/C11H22N2O2/c1-2-13-11(15)8-12-7-9-4-3-5-10(14)6-9/h9-10,12,14H,2-8H2,1H3,(H,13,15). The Morgan fingerprint density at radius 2 is 2.27 bits per heavy atom. The van der Waals surface area contributed by atoms with Gasteiger partial charge in [0.1, 0.15) is 0 Å². The summed E-state index contributed by atoms with van der Waals surface area (Å²) in [7, 11) is 0. The summed E-state index contributed by atoms with van der Waals surface area (Å²) in [6.45, 7) is 3.83. The van der Waals surface area contributed by atoms with E-state index in [1.807, 2.05) is 6.92 Å². The number of nitrogens with one attached hydrogen (secondary N) is 2. The van der Waals surface area contributed by atoms with Gasteiger partial charge < -0.3 is 15.7 Å². The number of hydrogen-bond acceptors (Lipinski definition) is 3. The van der Waals surface area contributed by atoms with Crippen LogP contribution in [0.4, 0.5) is 0 Å². The number of amides is 1. The molecule has 0 bridgehead atoms. The molecule has 0 spiro atoms. The molecule has 3 N–H and O–H groups in total. The molecule has 0 saturated heterocycles. The van der Waals surface area contributed by atoms with Crippen molar-refractivity contribution in [1.82, 2.24) is 10.6 Å². The van der Waals surface area contributed by atoms with Crippen molar-refractivity contribution in [1.29, 1.82) is 0 Å². The molecular formula is C11H22N2O2. The van der Waals surface area contributed by atoms with Crippen molar-refractivity contribution >= 4 is 5.91 Å². The quantitative estimate of drug-likeness (QED) is 0.615. The Bertz CT molecular complexity index is 197. The van der Waals surface area contributed by atoms with E-state index in [4.69, 9.17) is 0 Å². The van der Waals surface area contributed by atoms with Crippen LogP contribution >= 0.6 is 0 Å². The van der Waals surface area contributed by atoms with Crippen molar-refractivity contribution in [2.24, 2.45) is 5.92 Å². The molecule has 1 amide bonds. The molecule has 0 radical (unpaired) electrons. The average molecular weight is 214 g/mol. The highest BCUT2D eigenvalue weighted by Crippen LogP contribution is 2.23. The van der Waals surface area contributed by atoms with Crippen molar-refractivity contribution in [2.75, 3.05) is 19.6 Å². The molecule has 0 aromatic rings. The Kier molecular flexibility index (Phi) is 5.65. The average Bonchev–Trinajstić information content (AvgIpc) is 2.18. The van der Waals surface area contributed by atoms with Crippen molar-refractivity contribution < 1.29 is 9.90 Å². The van der Waals surface area contributed by atoms with Crippen LogP contribution in [0.3, 0.4) is 0 Å². The second-order valence-corrected chi connectivity index (χ2v) is 4.27. The van der Waals surface area contributed by atoms with Crippen LogP contribution in [0.15, 0.2) is 0 Å². The molecule has 1 saturated carbocycles. The van der Waals surface area contributed by atoms with E-state index >= 15 is 0 Å². The van der Waals surface area contributed by atoms with Gasteiger partial charge in [0, 0.05) is 6.54 Å². The Morgan fingerprint density at radius 1 is 1.47 bits per heavy atom. The minimum absolute atomic E-state index is 0.0499. The molecule has 0 aromatic heterocycles. The van der Waals surface area contributed by atoms with E-state index in [0.29, 0.717) is 19.0 Å². The molecule has 2 unspecified atom stereocenters. The van der Waals surface area contributed by atoms with Gasteiger partial charge in [-0.1, -0.05) is 6.42 Å². The molecule has 0 aromatic carbocycles. The van der Waals surface area contributed by atoms with E-state index in [9.17, 15) is 9.90 Å². The first-order chi connectivity index (χ1) is 7.22. The molecule has 0 heterocycles. The van der Waals surface area contributed by atoms with Crippen molar-refractivity contribution in [2.45, 2.75) is 38.7 Å². The van der Waals surface area contributed by atoms with E-state index in [0.717, 1.165) is 25.8 Å². The fraction of sp³-hybridized carbons (Fsp3) is 0.909. The second kappa shape index (κ2) is 6.80. The maximum absolute atomic E-state index is 11.1. The molecule has 15 heavy (non-hydrogen) atoms. The summed E-state index contributed by atoms with van der Waals surface area (Å²) in [5.41, 5.74) is 0. The highest BCUT2D eigenvalue weighted by Gasteiger charge is 2.19. The van der Waals surface area contributed by atoms with Crippen molar-refractivity contribution in [3.63, 3.8) is 0 Å². The monoisotopic (exact) mass is 214 g/mol. The van der Waals surface area contributed by atoms with Crippen LogP contribution in [0.5, 0.6) is 0 Å². The smallest absolute Gasteiger partial charge is 0.233 e. The number of carbonyl (C=O) groups excluding carboxylic acids is 1. The summed E-state index contributed by atoms with van der Waals surface area (Å²) in [5.74, 6) is 0.581. The van der Waals surface area contributed by atoms with Crippen LogP contribution in [-0.4, -0.2) is 36.8 Å². The summed E-state index contributed by atoms with van der Waals surface area (Å²) in [4.78, 5) is 11.1. The van der Waals surface area contributed by atoms with Crippen molar-refractivity contribution in [3.8, 4) is 0 Å². The summed E-state index contributed by atoms with van der Waals surface area (Å²) >= 11 is 0. The van der Waals surface area contributed by atoms with E-state index in [2.05, 4.69) is 10.6 Å². The first-order valence-electron chi connectivity index (χ1n) is 5.87. The fourth-order valence-corrected chi connectivity index (χ4v) is 2.10. The van der Waals surface area contributed by atoms with Crippen LogP contribution in [0.25, 0.3) is 0 Å². The molecule has 88 valence electrons. The van der Waals surface area contributed by atoms with E-state index in [1.165, 1.54) is 6.42 Å². The van der Waals surface area contributed by atoms with E-state index < -0.39 is 0 Å². The molecule has 1 aliphatic rings. The maximum atomic E-state index is 11.1. The predicted molar refractivity (Wildman–Crippen MR) is 59.5 cm³/mol.